The minimum Gasteiger partial charge on any atom is -0.438 e. The molecule has 7 heteroatoms. The number of carbonyl (C=O) groups is 1. The van der Waals surface area contributed by atoms with Crippen LogP contribution in [0.2, 0.25) is 0 Å². The number of hydrogen-bond donors (Lipinski definition) is 1. The third kappa shape index (κ3) is 4.25. The molecule has 1 saturated heterocycles. The lowest BCUT2D eigenvalue weighted by Crippen LogP contribution is -2.34. The van der Waals surface area contributed by atoms with Crippen LogP contribution in [-0.2, 0) is 0 Å². The van der Waals surface area contributed by atoms with Gasteiger partial charge in [0, 0.05) is 23.9 Å². The van der Waals surface area contributed by atoms with Gasteiger partial charge >= 0.3 is 6.03 Å². The number of anilines is 1. The molecule has 1 atom stereocenters. The number of halogens is 2. The molecule has 34 heavy (non-hydrogen) atoms. The molecule has 1 unspecified atom stereocenters. The van der Waals surface area contributed by atoms with Crippen molar-refractivity contribution in [3.8, 4) is 11.1 Å². The standard InChI is InChI=1S/C27H25F2N3O2/c1-16(2)17-5-9-20(10-6-17)30-27(33)32-13-3-4-24(32)26-31-23-14-18(7-12-25(23)34-26)21-11-8-19(28)15-22(21)29/h5-12,14-16,24H,3-4,13H2,1-2H3,(H,30,33). The maximum absolute atomic E-state index is 14.2. The molecule has 5 rings (SSSR count). The molecule has 0 aliphatic carbocycles. The summed E-state index contributed by atoms with van der Waals surface area (Å²) in [6, 6.07) is 16.0. The van der Waals surface area contributed by atoms with Crippen LogP contribution in [0.15, 0.2) is 65.1 Å². The topological polar surface area (TPSA) is 58.4 Å². The van der Waals surface area contributed by atoms with Gasteiger partial charge in [-0.3, -0.25) is 0 Å². The number of rotatable bonds is 4. The van der Waals surface area contributed by atoms with E-state index in [1.807, 2.05) is 24.3 Å². The van der Waals surface area contributed by atoms with Crippen molar-refractivity contribution in [2.75, 3.05) is 11.9 Å². The van der Waals surface area contributed by atoms with Crippen molar-refractivity contribution < 1.29 is 18.0 Å². The summed E-state index contributed by atoms with van der Waals surface area (Å²) in [7, 11) is 0. The van der Waals surface area contributed by atoms with Crippen LogP contribution in [0.5, 0.6) is 0 Å². The van der Waals surface area contributed by atoms with Crippen molar-refractivity contribution in [2.24, 2.45) is 0 Å². The van der Waals surface area contributed by atoms with E-state index in [2.05, 4.69) is 24.1 Å². The second-order valence-corrected chi connectivity index (χ2v) is 8.92. The highest BCUT2D eigenvalue weighted by molar-refractivity contribution is 5.90. The van der Waals surface area contributed by atoms with Crippen LogP contribution in [0.25, 0.3) is 22.2 Å². The number of urea groups is 1. The second-order valence-electron chi connectivity index (χ2n) is 8.92. The van der Waals surface area contributed by atoms with Crippen molar-refractivity contribution in [1.82, 2.24) is 9.88 Å². The lowest BCUT2D eigenvalue weighted by Gasteiger charge is -2.22. The number of amides is 2. The Morgan fingerprint density at radius 1 is 1.09 bits per heavy atom. The highest BCUT2D eigenvalue weighted by Crippen LogP contribution is 2.35. The fraction of sp³-hybridized carbons (Fsp3) is 0.259. The Morgan fingerprint density at radius 3 is 2.62 bits per heavy atom. The van der Waals surface area contributed by atoms with Gasteiger partial charge in [0.25, 0.3) is 0 Å². The van der Waals surface area contributed by atoms with Gasteiger partial charge in [-0.15, -0.1) is 0 Å². The van der Waals surface area contributed by atoms with Crippen LogP contribution >= 0.6 is 0 Å². The van der Waals surface area contributed by atoms with Crippen molar-refractivity contribution in [1.29, 1.82) is 0 Å². The lowest BCUT2D eigenvalue weighted by molar-refractivity contribution is 0.199. The highest BCUT2D eigenvalue weighted by Gasteiger charge is 2.33. The van der Waals surface area contributed by atoms with Gasteiger partial charge in [0.05, 0.1) is 0 Å². The number of hydrogen-bond acceptors (Lipinski definition) is 3. The van der Waals surface area contributed by atoms with Crippen molar-refractivity contribution in [2.45, 2.75) is 38.6 Å². The Labute approximate surface area is 196 Å². The predicted octanol–water partition coefficient (Wildman–Crippen LogP) is 7.27. The molecule has 0 spiro atoms. The van der Waals surface area contributed by atoms with Gasteiger partial charge in [-0.2, -0.15) is 0 Å². The molecule has 0 radical (unpaired) electrons. The molecule has 0 saturated carbocycles. The van der Waals surface area contributed by atoms with Crippen LogP contribution in [0.1, 0.15) is 50.1 Å². The Morgan fingerprint density at radius 2 is 1.88 bits per heavy atom. The first-order valence-corrected chi connectivity index (χ1v) is 11.4. The zero-order valence-electron chi connectivity index (χ0n) is 19.0. The molecule has 2 heterocycles. The van der Waals surface area contributed by atoms with Gasteiger partial charge in [0.1, 0.15) is 23.2 Å². The number of likely N-dealkylation sites (tertiary alicyclic amines) is 1. The summed E-state index contributed by atoms with van der Waals surface area (Å²) in [6.07, 6.45) is 1.58. The molecule has 5 nitrogen and oxygen atoms in total. The van der Waals surface area contributed by atoms with E-state index in [1.165, 1.54) is 17.7 Å². The average molecular weight is 462 g/mol. The molecular formula is C27H25F2N3O2. The lowest BCUT2D eigenvalue weighted by atomic mass is 10.0. The highest BCUT2D eigenvalue weighted by atomic mass is 19.1. The predicted molar refractivity (Wildman–Crippen MR) is 128 cm³/mol. The molecular weight excluding hydrogens is 436 g/mol. The Bertz CT molecular complexity index is 1350. The number of carbonyl (C=O) groups excluding carboxylic acids is 1. The van der Waals surface area contributed by atoms with Crippen molar-refractivity contribution in [3.05, 3.63) is 83.8 Å². The van der Waals surface area contributed by atoms with Gasteiger partial charge in [-0.05, 0) is 66.3 Å². The van der Waals surface area contributed by atoms with E-state index in [0.29, 0.717) is 40.6 Å². The largest absolute Gasteiger partial charge is 0.438 e. The quantitative estimate of drug-likeness (QED) is 0.348. The zero-order chi connectivity index (χ0) is 23.8. The molecule has 174 valence electrons. The number of oxazole rings is 1. The third-order valence-electron chi connectivity index (χ3n) is 6.27. The van der Waals surface area contributed by atoms with Crippen LogP contribution in [0.3, 0.4) is 0 Å². The number of aromatic nitrogens is 1. The van der Waals surface area contributed by atoms with E-state index in [4.69, 9.17) is 4.42 Å². The van der Waals surface area contributed by atoms with Gasteiger partial charge in [0.15, 0.2) is 5.58 Å². The molecule has 4 aromatic rings. The summed E-state index contributed by atoms with van der Waals surface area (Å²) in [5, 5.41) is 2.97. The van der Waals surface area contributed by atoms with Crippen molar-refractivity contribution >= 4 is 22.8 Å². The molecule has 0 bridgehead atoms. The Hall–Kier alpha value is -3.74. The van der Waals surface area contributed by atoms with E-state index in [1.54, 1.807) is 23.1 Å². The third-order valence-corrected chi connectivity index (χ3v) is 6.27. The van der Waals surface area contributed by atoms with E-state index in [0.717, 1.165) is 24.6 Å². The summed E-state index contributed by atoms with van der Waals surface area (Å²) in [5.41, 5.74) is 3.94. The monoisotopic (exact) mass is 461 g/mol. The van der Waals surface area contributed by atoms with Crippen molar-refractivity contribution in [3.63, 3.8) is 0 Å². The molecule has 1 aliphatic heterocycles. The van der Waals surface area contributed by atoms with Crippen LogP contribution < -0.4 is 5.32 Å². The smallest absolute Gasteiger partial charge is 0.322 e. The molecule has 1 aliphatic rings. The number of nitrogens with one attached hydrogen (secondary N) is 1. The molecule has 1 fully saturated rings. The summed E-state index contributed by atoms with van der Waals surface area (Å²) in [4.78, 5) is 19.4. The number of benzene rings is 3. The SMILES string of the molecule is CC(C)c1ccc(NC(=O)N2CCCC2c2nc3cc(-c4ccc(F)cc4F)ccc3o2)cc1. The summed E-state index contributed by atoms with van der Waals surface area (Å²) < 4.78 is 33.5. The number of fused-ring (bicyclic) bond motifs is 1. The fourth-order valence-corrected chi connectivity index (χ4v) is 4.39. The summed E-state index contributed by atoms with van der Waals surface area (Å²) >= 11 is 0. The van der Waals surface area contributed by atoms with Gasteiger partial charge in [0.2, 0.25) is 5.89 Å². The normalized spacial score (nSPS) is 15.9. The van der Waals surface area contributed by atoms with Gasteiger partial charge in [-0.25, -0.2) is 18.6 Å². The minimum atomic E-state index is -0.636. The van der Waals surface area contributed by atoms with E-state index < -0.39 is 11.6 Å². The molecule has 2 amide bonds. The van der Waals surface area contributed by atoms with Crippen LogP contribution in [-0.4, -0.2) is 22.5 Å². The van der Waals surface area contributed by atoms with Gasteiger partial charge in [-0.1, -0.05) is 32.0 Å². The van der Waals surface area contributed by atoms with Gasteiger partial charge < -0.3 is 14.6 Å². The fourth-order valence-electron chi connectivity index (χ4n) is 4.39. The average Bonchev–Trinajstić information content (AvgIpc) is 3.46. The molecule has 1 aromatic heterocycles. The minimum absolute atomic E-state index is 0.198. The maximum atomic E-state index is 14.2. The van der Waals surface area contributed by atoms with E-state index in [9.17, 15) is 13.6 Å². The number of nitrogens with zero attached hydrogens (tertiary/aromatic N) is 2. The zero-order valence-corrected chi connectivity index (χ0v) is 19.0. The molecule has 1 N–H and O–H groups in total. The Balaban J connectivity index is 1.37. The summed E-state index contributed by atoms with van der Waals surface area (Å²) in [5.74, 6) is -0.383. The first-order valence-electron chi connectivity index (χ1n) is 11.4. The maximum Gasteiger partial charge on any atom is 0.322 e. The summed E-state index contributed by atoms with van der Waals surface area (Å²) in [6.45, 7) is 4.86. The van der Waals surface area contributed by atoms with E-state index in [-0.39, 0.29) is 12.1 Å². The molecule has 3 aromatic carbocycles. The Kier molecular flexibility index (Phi) is 5.77. The first kappa shape index (κ1) is 22.1. The van der Waals surface area contributed by atoms with E-state index >= 15 is 0 Å². The first-order chi connectivity index (χ1) is 16.4. The van der Waals surface area contributed by atoms with Crippen LogP contribution in [0, 0.1) is 11.6 Å². The second kappa shape index (κ2) is 8.89. The van der Waals surface area contributed by atoms with Crippen LogP contribution in [0.4, 0.5) is 19.3 Å².